The van der Waals surface area contributed by atoms with Crippen molar-refractivity contribution in [3.05, 3.63) is 0 Å². The number of carbonyl (C=O) groups excluding carboxylic acids is 3. The molecule has 1 N–H and O–H groups in total. The van der Waals surface area contributed by atoms with E-state index >= 15 is 0 Å². The molecule has 3 rings (SSSR count). The predicted molar refractivity (Wildman–Crippen MR) is 101 cm³/mol. The van der Waals surface area contributed by atoms with Crippen LogP contribution in [0.1, 0.15) is 58.3 Å². The number of nitrogens with zero attached hydrogens (tertiary/aromatic N) is 3. The average Bonchev–Trinajstić information content (AvgIpc) is 3.22. The topological polar surface area (TPSA) is 98.2 Å². The molecule has 0 spiro atoms. The number of likely N-dealkylation sites (tertiary alicyclic amines) is 2. The second-order valence-electron chi connectivity index (χ2n) is 8.34. The Morgan fingerprint density at radius 3 is 2.43 bits per heavy atom. The van der Waals surface area contributed by atoms with Crippen molar-refractivity contribution in [3.63, 3.8) is 0 Å². The lowest BCUT2D eigenvalue weighted by molar-refractivity contribution is -0.145. The van der Waals surface area contributed by atoms with Crippen molar-refractivity contribution >= 4 is 23.7 Å². The predicted octanol–water partition coefficient (Wildman–Crippen LogP) is 1.09. The zero-order chi connectivity index (χ0) is 20.3. The number of hydrogen-bond donors (Lipinski definition) is 1. The van der Waals surface area contributed by atoms with Gasteiger partial charge < -0.3 is 19.8 Å². The summed E-state index contributed by atoms with van der Waals surface area (Å²) in [6.45, 7) is 2.71. The molecule has 3 fully saturated rings. The van der Waals surface area contributed by atoms with E-state index in [1.54, 1.807) is 0 Å². The van der Waals surface area contributed by atoms with E-state index in [0.29, 0.717) is 44.9 Å². The maximum Gasteiger partial charge on any atom is 0.323 e. The second kappa shape index (κ2) is 8.92. The van der Waals surface area contributed by atoms with E-state index in [9.17, 15) is 19.2 Å². The van der Waals surface area contributed by atoms with Gasteiger partial charge in [-0.05, 0) is 32.1 Å². The van der Waals surface area contributed by atoms with E-state index < -0.39 is 5.97 Å². The molecule has 2 saturated heterocycles. The maximum atomic E-state index is 13.0. The maximum absolute atomic E-state index is 13.0. The summed E-state index contributed by atoms with van der Waals surface area (Å²) >= 11 is 0. The molecule has 0 aromatic carbocycles. The fraction of sp³-hybridized carbons (Fsp3) is 0.800. The largest absolute Gasteiger partial charge is 0.480 e. The van der Waals surface area contributed by atoms with Crippen LogP contribution < -0.4 is 0 Å². The van der Waals surface area contributed by atoms with Crippen molar-refractivity contribution in [1.29, 1.82) is 0 Å². The van der Waals surface area contributed by atoms with Crippen LogP contribution in [0.2, 0.25) is 0 Å². The molecule has 2 heterocycles. The molecule has 2 unspecified atom stereocenters. The number of hydrogen-bond acceptors (Lipinski definition) is 4. The minimum absolute atomic E-state index is 0.0297. The summed E-state index contributed by atoms with van der Waals surface area (Å²) in [4.78, 5) is 53.5. The first-order valence-corrected chi connectivity index (χ1v) is 10.4. The highest BCUT2D eigenvalue weighted by Gasteiger charge is 2.40. The van der Waals surface area contributed by atoms with Gasteiger partial charge in [-0.1, -0.05) is 12.8 Å². The van der Waals surface area contributed by atoms with Gasteiger partial charge in [0, 0.05) is 45.1 Å². The van der Waals surface area contributed by atoms with Crippen LogP contribution in [0.25, 0.3) is 0 Å². The fourth-order valence-electron chi connectivity index (χ4n) is 4.98. The molecular weight excluding hydrogens is 362 g/mol. The molecular formula is C20H31N3O5. The second-order valence-corrected chi connectivity index (χ2v) is 8.34. The number of rotatable bonds is 5. The van der Waals surface area contributed by atoms with Gasteiger partial charge in [-0.15, -0.1) is 0 Å². The van der Waals surface area contributed by atoms with Crippen LogP contribution in [0.3, 0.4) is 0 Å². The Hall–Kier alpha value is -2.12. The summed E-state index contributed by atoms with van der Waals surface area (Å²) in [5.74, 6) is -1.42. The van der Waals surface area contributed by atoms with Crippen molar-refractivity contribution in [2.45, 2.75) is 70.4 Å². The Labute approximate surface area is 165 Å². The van der Waals surface area contributed by atoms with Gasteiger partial charge in [-0.3, -0.25) is 19.2 Å². The van der Waals surface area contributed by atoms with Gasteiger partial charge in [0.15, 0.2) is 0 Å². The summed E-state index contributed by atoms with van der Waals surface area (Å²) < 4.78 is 0. The van der Waals surface area contributed by atoms with Crippen LogP contribution in [0.15, 0.2) is 0 Å². The molecule has 8 heteroatoms. The number of carbonyl (C=O) groups is 4. The smallest absolute Gasteiger partial charge is 0.323 e. The molecule has 0 bridgehead atoms. The van der Waals surface area contributed by atoms with E-state index in [4.69, 9.17) is 5.11 Å². The van der Waals surface area contributed by atoms with Crippen LogP contribution >= 0.6 is 0 Å². The minimum atomic E-state index is -1.02. The fourth-order valence-corrected chi connectivity index (χ4v) is 4.98. The normalized spacial score (nSPS) is 26.4. The van der Waals surface area contributed by atoms with Gasteiger partial charge in [0.2, 0.25) is 17.7 Å². The first kappa shape index (κ1) is 20.6. The molecule has 0 aromatic heterocycles. The van der Waals surface area contributed by atoms with Gasteiger partial charge in [0.25, 0.3) is 0 Å². The van der Waals surface area contributed by atoms with Gasteiger partial charge in [-0.25, -0.2) is 0 Å². The van der Waals surface area contributed by atoms with E-state index in [-0.39, 0.29) is 36.2 Å². The Balaban J connectivity index is 1.57. The van der Waals surface area contributed by atoms with Gasteiger partial charge in [0.1, 0.15) is 6.54 Å². The lowest BCUT2D eigenvalue weighted by Gasteiger charge is -2.29. The van der Waals surface area contributed by atoms with Crippen molar-refractivity contribution < 1.29 is 24.3 Å². The summed E-state index contributed by atoms with van der Waals surface area (Å²) in [5, 5.41) is 9.06. The van der Waals surface area contributed by atoms with E-state index in [1.165, 1.54) is 11.8 Å². The minimum Gasteiger partial charge on any atom is -0.480 e. The molecule has 156 valence electrons. The first-order chi connectivity index (χ1) is 13.4. The Morgan fingerprint density at radius 1 is 1.07 bits per heavy atom. The standard InChI is InChI=1S/C20H31N3O5/c1-14(24)22(13-19(26)27)17-7-4-9-21(10-8-17)20(28)15-11-18(25)23(12-15)16-5-2-3-6-16/h15-17H,2-13H2,1H3,(H,26,27). The Kier molecular flexibility index (Phi) is 6.57. The van der Waals surface area contributed by atoms with Crippen LogP contribution in [0, 0.1) is 5.92 Å². The lowest BCUT2D eigenvalue weighted by atomic mass is 10.1. The summed E-state index contributed by atoms with van der Waals surface area (Å²) in [5.41, 5.74) is 0. The summed E-state index contributed by atoms with van der Waals surface area (Å²) in [6.07, 6.45) is 6.69. The third-order valence-corrected chi connectivity index (χ3v) is 6.43. The van der Waals surface area contributed by atoms with E-state index in [0.717, 1.165) is 32.1 Å². The quantitative estimate of drug-likeness (QED) is 0.754. The molecule has 1 saturated carbocycles. The van der Waals surface area contributed by atoms with Crippen molar-refractivity contribution in [1.82, 2.24) is 14.7 Å². The third kappa shape index (κ3) is 4.64. The van der Waals surface area contributed by atoms with Gasteiger partial charge >= 0.3 is 5.97 Å². The number of aliphatic carboxylic acids is 1. The highest BCUT2D eigenvalue weighted by atomic mass is 16.4. The summed E-state index contributed by atoms with van der Waals surface area (Å²) in [7, 11) is 0. The molecule has 2 atom stereocenters. The molecule has 8 nitrogen and oxygen atoms in total. The summed E-state index contributed by atoms with van der Waals surface area (Å²) in [6, 6.07) is 0.144. The first-order valence-electron chi connectivity index (χ1n) is 10.4. The van der Waals surface area contributed by atoms with Gasteiger partial charge in [-0.2, -0.15) is 0 Å². The Bertz CT molecular complexity index is 631. The molecule has 3 amide bonds. The zero-order valence-corrected chi connectivity index (χ0v) is 16.6. The SMILES string of the molecule is CC(=O)N(CC(=O)O)C1CCCN(C(=O)C2CC(=O)N(C3CCCC3)C2)CC1. The molecule has 0 radical (unpaired) electrons. The molecule has 1 aliphatic carbocycles. The molecule has 2 aliphatic heterocycles. The number of carboxylic acids is 1. The third-order valence-electron chi connectivity index (χ3n) is 6.43. The molecule has 0 aromatic rings. The van der Waals surface area contributed by atoms with Crippen LogP contribution in [0.4, 0.5) is 0 Å². The van der Waals surface area contributed by atoms with Crippen LogP contribution in [-0.2, 0) is 19.2 Å². The van der Waals surface area contributed by atoms with Crippen molar-refractivity contribution in [3.8, 4) is 0 Å². The monoisotopic (exact) mass is 393 g/mol. The highest BCUT2D eigenvalue weighted by molar-refractivity contribution is 5.89. The van der Waals surface area contributed by atoms with E-state index in [1.807, 2.05) is 9.80 Å². The number of amides is 3. The zero-order valence-electron chi connectivity index (χ0n) is 16.6. The van der Waals surface area contributed by atoms with E-state index in [2.05, 4.69) is 0 Å². The van der Waals surface area contributed by atoms with Crippen LogP contribution in [0.5, 0.6) is 0 Å². The van der Waals surface area contributed by atoms with Crippen molar-refractivity contribution in [2.24, 2.45) is 5.92 Å². The van der Waals surface area contributed by atoms with Crippen molar-refractivity contribution in [2.75, 3.05) is 26.2 Å². The molecule has 3 aliphatic rings. The number of carboxylic acid groups (broad SMARTS) is 1. The Morgan fingerprint density at radius 2 is 1.79 bits per heavy atom. The van der Waals surface area contributed by atoms with Gasteiger partial charge in [0.05, 0.1) is 5.92 Å². The highest BCUT2D eigenvalue weighted by Crippen LogP contribution is 2.30. The van der Waals surface area contributed by atoms with Crippen LogP contribution in [-0.4, -0.2) is 81.8 Å². The lowest BCUT2D eigenvalue weighted by Crippen LogP contribution is -2.43. The molecule has 28 heavy (non-hydrogen) atoms. The average molecular weight is 393 g/mol.